The molecule has 0 radical (unpaired) electrons. The third-order valence-electron chi connectivity index (χ3n) is 6.95. The summed E-state index contributed by atoms with van der Waals surface area (Å²) in [5, 5.41) is 0. The van der Waals surface area contributed by atoms with Crippen LogP contribution in [0.2, 0.25) is 0 Å². The Bertz CT molecular complexity index is 417. The van der Waals surface area contributed by atoms with Gasteiger partial charge in [-0.1, -0.05) is 6.42 Å². The van der Waals surface area contributed by atoms with E-state index < -0.39 is 0 Å². The smallest absolute Gasteiger partial charge is 0.225 e. The van der Waals surface area contributed by atoms with Crippen LogP contribution in [-0.2, 0) is 9.53 Å². The van der Waals surface area contributed by atoms with Gasteiger partial charge >= 0.3 is 0 Å². The minimum atomic E-state index is 0.224. The first-order chi connectivity index (χ1) is 10.2. The van der Waals surface area contributed by atoms with Gasteiger partial charge in [-0.3, -0.25) is 4.79 Å². The van der Waals surface area contributed by atoms with E-state index >= 15 is 0 Å². The standard InChI is InChI=1S/C17H28N2O2/c18-15-12-3-4-14(10-12)17(15)5-1-2-13(11-17)16(20)19-6-8-21-9-7-19/h12-15H,1-11,18H2/t12-,13-,14+,15+,17-/m0/s1. The highest BCUT2D eigenvalue weighted by Crippen LogP contribution is 2.61. The molecule has 0 aromatic heterocycles. The van der Waals surface area contributed by atoms with Gasteiger partial charge < -0.3 is 15.4 Å². The van der Waals surface area contributed by atoms with E-state index in [0.29, 0.717) is 30.6 Å². The summed E-state index contributed by atoms with van der Waals surface area (Å²) >= 11 is 0. The van der Waals surface area contributed by atoms with Crippen LogP contribution in [0.1, 0.15) is 44.9 Å². The molecule has 1 amide bonds. The van der Waals surface area contributed by atoms with Gasteiger partial charge in [0.1, 0.15) is 0 Å². The Labute approximate surface area is 127 Å². The number of ether oxygens (including phenoxy) is 1. The van der Waals surface area contributed by atoms with Crippen molar-refractivity contribution < 1.29 is 9.53 Å². The highest BCUT2D eigenvalue weighted by Gasteiger charge is 2.58. The van der Waals surface area contributed by atoms with Crippen molar-refractivity contribution in [1.82, 2.24) is 4.90 Å². The van der Waals surface area contributed by atoms with Gasteiger partial charge in [-0.15, -0.1) is 0 Å². The zero-order chi connectivity index (χ0) is 14.4. The number of carbonyl (C=O) groups excluding carboxylic acids is 1. The Hall–Kier alpha value is -0.610. The maximum Gasteiger partial charge on any atom is 0.225 e. The second-order valence-corrected chi connectivity index (χ2v) is 7.76. The Morgan fingerprint density at radius 3 is 2.71 bits per heavy atom. The van der Waals surface area contributed by atoms with E-state index in [1.807, 2.05) is 4.90 Å². The molecular weight excluding hydrogens is 264 g/mol. The predicted molar refractivity (Wildman–Crippen MR) is 80.6 cm³/mol. The van der Waals surface area contributed by atoms with Crippen LogP contribution in [0.4, 0.5) is 0 Å². The van der Waals surface area contributed by atoms with Crippen LogP contribution in [-0.4, -0.2) is 43.2 Å². The number of hydrogen-bond acceptors (Lipinski definition) is 3. The zero-order valence-electron chi connectivity index (χ0n) is 12.9. The molecule has 1 heterocycles. The summed E-state index contributed by atoms with van der Waals surface area (Å²) in [6, 6.07) is 0.358. The molecule has 1 saturated heterocycles. The average Bonchev–Trinajstić information content (AvgIpc) is 3.11. The highest BCUT2D eigenvalue weighted by atomic mass is 16.5. The lowest BCUT2D eigenvalue weighted by Gasteiger charge is -2.48. The quantitative estimate of drug-likeness (QED) is 0.801. The van der Waals surface area contributed by atoms with Crippen LogP contribution in [0.25, 0.3) is 0 Å². The van der Waals surface area contributed by atoms with Gasteiger partial charge in [0, 0.05) is 25.0 Å². The summed E-state index contributed by atoms with van der Waals surface area (Å²) in [6.07, 6.45) is 8.61. The molecule has 0 aromatic rings. The first-order valence-corrected chi connectivity index (χ1v) is 8.83. The fourth-order valence-electron chi connectivity index (χ4n) is 5.87. The van der Waals surface area contributed by atoms with Crippen molar-refractivity contribution in [3.63, 3.8) is 0 Å². The molecule has 4 rings (SSSR count). The molecule has 0 unspecified atom stereocenters. The Morgan fingerprint density at radius 2 is 2.00 bits per heavy atom. The molecule has 5 atom stereocenters. The fraction of sp³-hybridized carbons (Fsp3) is 0.941. The number of nitrogens with two attached hydrogens (primary N) is 1. The van der Waals surface area contributed by atoms with E-state index in [4.69, 9.17) is 10.5 Å². The Kier molecular flexibility index (Phi) is 3.49. The Balaban J connectivity index is 1.49. The highest BCUT2D eigenvalue weighted by molar-refractivity contribution is 5.79. The van der Waals surface area contributed by atoms with E-state index in [2.05, 4.69) is 0 Å². The van der Waals surface area contributed by atoms with Crippen LogP contribution < -0.4 is 5.73 Å². The van der Waals surface area contributed by atoms with Crippen molar-refractivity contribution >= 4 is 5.91 Å². The van der Waals surface area contributed by atoms with Crippen molar-refractivity contribution in [3.8, 4) is 0 Å². The molecule has 1 spiro atoms. The summed E-state index contributed by atoms with van der Waals surface area (Å²) in [5.41, 5.74) is 6.92. The summed E-state index contributed by atoms with van der Waals surface area (Å²) < 4.78 is 5.37. The van der Waals surface area contributed by atoms with Gasteiger partial charge in [0.2, 0.25) is 5.91 Å². The van der Waals surface area contributed by atoms with Crippen molar-refractivity contribution in [1.29, 1.82) is 0 Å². The molecule has 4 nitrogen and oxygen atoms in total. The average molecular weight is 292 g/mol. The monoisotopic (exact) mass is 292 g/mol. The minimum absolute atomic E-state index is 0.224. The largest absolute Gasteiger partial charge is 0.378 e. The van der Waals surface area contributed by atoms with Gasteiger partial charge in [0.05, 0.1) is 13.2 Å². The van der Waals surface area contributed by atoms with Crippen LogP contribution >= 0.6 is 0 Å². The van der Waals surface area contributed by atoms with E-state index in [9.17, 15) is 4.79 Å². The third kappa shape index (κ3) is 2.14. The van der Waals surface area contributed by atoms with Crippen LogP contribution in [0.15, 0.2) is 0 Å². The second kappa shape index (κ2) is 5.24. The van der Waals surface area contributed by atoms with Crippen molar-refractivity contribution in [2.75, 3.05) is 26.3 Å². The number of amides is 1. The number of morpholine rings is 1. The number of fused-ring (bicyclic) bond motifs is 3. The van der Waals surface area contributed by atoms with E-state index in [1.54, 1.807) is 0 Å². The molecular formula is C17H28N2O2. The third-order valence-corrected chi connectivity index (χ3v) is 6.95. The first kappa shape index (κ1) is 14.0. The van der Waals surface area contributed by atoms with E-state index in [0.717, 1.165) is 37.8 Å². The maximum atomic E-state index is 12.8. The van der Waals surface area contributed by atoms with Gasteiger partial charge in [-0.25, -0.2) is 0 Å². The van der Waals surface area contributed by atoms with Crippen LogP contribution in [0, 0.1) is 23.2 Å². The topological polar surface area (TPSA) is 55.6 Å². The first-order valence-electron chi connectivity index (χ1n) is 8.83. The lowest BCUT2D eigenvalue weighted by molar-refractivity contribution is -0.143. The van der Waals surface area contributed by atoms with Crippen LogP contribution in [0.5, 0.6) is 0 Å². The lowest BCUT2D eigenvalue weighted by Crippen LogP contribution is -2.52. The fourth-order valence-corrected chi connectivity index (χ4v) is 5.87. The van der Waals surface area contributed by atoms with Gasteiger partial charge in [-0.2, -0.15) is 0 Å². The van der Waals surface area contributed by atoms with Crippen molar-refractivity contribution in [2.45, 2.75) is 51.0 Å². The van der Waals surface area contributed by atoms with Crippen molar-refractivity contribution in [2.24, 2.45) is 28.9 Å². The summed E-state index contributed by atoms with van der Waals surface area (Å²) in [5.74, 6) is 2.15. The SMILES string of the molecule is N[C@@H]1[C@H]2CC[C@H](C2)[C@@]12CCC[C@H](C(=O)N1CCOCC1)C2. The number of nitrogens with zero attached hydrogens (tertiary/aromatic N) is 1. The van der Waals surface area contributed by atoms with E-state index in [-0.39, 0.29) is 5.92 Å². The molecule has 21 heavy (non-hydrogen) atoms. The predicted octanol–water partition coefficient (Wildman–Crippen LogP) is 1.78. The number of carbonyl (C=O) groups is 1. The van der Waals surface area contributed by atoms with Crippen LogP contribution in [0.3, 0.4) is 0 Å². The second-order valence-electron chi connectivity index (χ2n) is 7.76. The zero-order valence-corrected chi connectivity index (χ0v) is 12.9. The molecule has 3 aliphatic carbocycles. The van der Waals surface area contributed by atoms with Crippen molar-refractivity contribution in [3.05, 3.63) is 0 Å². The Morgan fingerprint density at radius 1 is 1.19 bits per heavy atom. The molecule has 0 aromatic carbocycles. The molecule has 2 bridgehead atoms. The lowest BCUT2D eigenvalue weighted by atomic mass is 9.59. The molecule has 2 N–H and O–H groups in total. The maximum absolute atomic E-state index is 12.8. The molecule has 118 valence electrons. The molecule has 3 saturated carbocycles. The summed E-state index contributed by atoms with van der Waals surface area (Å²) in [7, 11) is 0. The normalized spacial score (nSPS) is 46.2. The van der Waals surface area contributed by atoms with Gasteiger partial charge in [-0.05, 0) is 55.8 Å². The molecule has 4 heteroatoms. The van der Waals surface area contributed by atoms with Gasteiger partial charge in [0.25, 0.3) is 0 Å². The summed E-state index contributed by atoms with van der Waals surface area (Å²) in [4.78, 5) is 14.9. The van der Waals surface area contributed by atoms with E-state index in [1.165, 1.54) is 32.1 Å². The number of hydrogen-bond donors (Lipinski definition) is 1. The minimum Gasteiger partial charge on any atom is -0.378 e. The summed E-state index contributed by atoms with van der Waals surface area (Å²) in [6.45, 7) is 2.96. The molecule has 4 aliphatic rings. The van der Waals surface area contributed by atoms with Gasteiger partial charge in [0.15, 0.2) is 0 Å². The molecule has 1 aliphatic heterocycles. The number of rotatable bonds is 1. The molecule has 4 fully saturated rings.